The van der Waals surface area contributed by atoms with E-state index in [-0.39, 0.29) is 24.0 Å². The van der Waals surface area contributed by atoms with E-state index in [0.717, 1.165) is 25.6 Å². The first kappa shape index (κ1) is 17.6. The Labute approximate surface area is 128 Å². The number of nitrogens with one attached hydrogen (secondary N) is 1. The smallest absolute Gasteiger partial charge is 0.367 e. The molecule has 0 spiro atoms. The van der Waals surface area contributed by atoms with Gasteiger partial charge in [0.1, 0.15) is 0 Å². The minimum atomic E-state index is -4.51. The van der Waals surface area contributed by atoms with Crippen LogP contribution in [0.1, 0.15) is 24.5 Å². The Hall–Kier alpha value is -1.45. The van der Waals surface area contributed by atoms with Gasteiger partial charge < -0.3 is 10.2 Å². The van der Waals surface area contributed by atoms with E-state index < -0.39 is 11.7 Å². The van der Waals surface area contributed by atoms with E-state index >= 15 is 0 Å². The van der Waals surface area contributed by atoms with E-state index in [4.69, 9.17) is 5.26 Å². The Balaban J connectivity index is 0.00000220. The fourth-order valence-electron chi connectivity index (χ4n) is 2.60. The number of rotatable bonds is 3. The summed E-state index contributed by atoms with van der Waals surface area (Å²) in [5.74, 6) is 0. The van der Waals surface area contributed by atoms with E-state index in [1.54, 1.807) is 12.1 Å². The van der Waals surface area contributed by atoms with Gasteiger partial charge in [0.2, 0.25) is 0 Å². The minimum absolute atomic E-state index is 0. The molecular formula is C14H17ClF3N3. The lowest BCUT2D eigenvalue weighted by molar-refractivity contribution is -0.137. The van der Waals surface area contributed by atoms with Crippen LogP contribution in [0.2, 0.25) is 0 Å². The first-order chi connectivity index (χ1) is 9.47. The number of nitriles is 1. The third-order valence-electron chi connectivity index (χ3n) is 3.58. The molecule has 1 aliphatic heterocycles. The number of benzene rings is 1. The molecule has 1 heterocycles. The summed E-state index contributed by atoms with van der Waals surface area (Å²) < 4.78 is 38.9. The van der Waals surface area contributed by atoms with E-state index in [0.29, 0.717) is 12.2 Å². The molecule has 3 nitrogen and oxygen atoms in total. The molecule has 0 saturated carbocycles. The highest BCUT2D eigenvalue weighted by Gasteiger charge is 2.34. The lowest BCUT2D eigenvalue weighted by atomic mass is 10.1. The molecule has 0 amide bonds. The molecule has 1 atom stereocenters. The molecule has 1 aromatic rings. The second kappa shape index (κ2) is 7.01. The molecule has 0 radical (unpaired) electrons. The topological polar surface area (TPSA) is 39.1 Å². The highest BCUT2D eigenvalue weighted by Crippen LogP contribution is 2.35. The highest BCUT2D eigenvalue weighted by molar-refractivity contribution is 5.85. The first-order valence-corrected chi connectivity index (χ1v) is 6.56. The largest absolute Gasteiger partial charge is 0.417 e. The molecule has 116 valence electrons. The number of alkyl halides is 3. The number of hydrogen-bond acceptors (Lipinski definition) is 3. The van der Waals surface area contributed by atoms with Crippen molar-refractivity contribution in [3.05, 3.63) is 29.3 Å². The van der Waals surface area contributed by atoms with Crippen molar-refractivity contribution in [1.82, 2.24) is 5.32 Å². The number of halogens is 4. The van der Waals surface area contributed by atoms with Gasteiger partial charge in [-0.1, -0.05) is 0 Å². The normalized spacial score (nSPS) is 18.0. The zero-order chi connectivity index (χ0) is 14.8. The molecule has 2 rings (SSSR count). The summed E-state index contributed by atoms with van der Waals surface area (Å²) >= 11 is 0. The molecule has 1 N–H and O–H groups in total. The van der Waals surface area contributed by atoms with Crippen molar-refractivity contribution in [3.63, 3.8) is 0 Å². The summed E-state index contributed by atoms with van der Waals surface area (Å²) in [6, 6.07) is 5.74. The maximum absolute atomic E-state index is 13.0. The van der Waals surface area contributed by atoms with Crippen LogP contribution in [0.25, 0.3) is 0 Å². The van der Waals surface area contributed by atoms with Gasteiger partial charge in [0.25, 0.3) is 0 Å². The molecule has 0 unspecified atom stereocenters. The Morgan fingerprint density at radius 1 is 1.43 bits per heavy atom. The van der Waals surface area contributed by atoms with E-state index in [2.05, 4.69) is 5.32 Å². The van der Waals surface area contributed by atoms with Crippen molar-refractivity contribution in [2.75, 3.05) is 24.5 Å². The second-order valence-electron chi connectivity index (χ2n) is 4.77. The average molecular weight is 320 g/mol. The number of likely N-dealkylation sites (N-methyl/N-ethyl adjacent to an activating group) is 1. The second-order valence-corrected chi connectivity index (χ2v) is 4.77. The van der Waals surface area contributed by atoms with Crippen LogP contribution in [0.5, 0.6) is 0 Å². The summed E-state index contributed by atoms with van der Waals surface area (Å²) in [5, 5.41) is 12.0. The SMILES string of the molecule is CCN(c1ccc(C#N)c(C(F)(F)F)c1)[C@H]1CCNC1.Cl. The van der Waals surface area contributed by atoms with Gasteiger partial charge in [-0.25, -0.2) is 0 Å². The molecule has 0 aromatic heterocycles. The molecule has 0 aliphatic carbocycles. The third kappa shape index (κ3) is 3.80. The third-order valence-corrected chi connectivity index (χ3v) is 3.58. The van der Waals surface area contributed by atoms with Crippen molar-refractivity contribution in [2.45, 2.75) is 25.6 Å². The molecule has 0 bridgehead atoms. The molecule has 7 heteroatoms. The molecule has 21 heavy (non-hydrogen) atoms. The Bertz CT molecular complexity index is 519. The predicted molar refractivity (Wildman–Crippen MR) is 77.7 cm³/mol. The van der Waals surface area contributed by atoms with Crippen molar-refractivity contribution in [2.24, 2.45) is 0 Å². The van der Waals surface area contributed by atoms with Crippen LogP contribution in [-0.4, -0.2) is 25.7 Å². The lowest BCUT2D eigenvalue weighted by Crippen LogP contribution is -2.36. The summed E-state index contributed by atoms with van der Waals surface area (Å²) in [7, 11) is 0. The van der Waals surface area contributed by atoms with Gasteiger partial charge in [-0.2, -0.15) is 18.4 Å². The fraction of sp³-hybridized carbons (Fsp3) is 0.500. The highest BCUT2D eigenvalue weighted by atomic mass is 35.5. The van der Waals surface area contributed by atoms with E-state index in [1.807, 2.05) is 11.8 Å². The number of anilines is 1. The number of nitrogens with zero attached hydrogens (tertiary/aromatic N) is 2. The van der Waals surface area contributed by atoms with Crippen LogP contribution in [0, 0.1) is 11.3 Å². The van der Waals surface area contributed by atoms with Crippen LogP contribution in [0.3, 0.4) is 0 Å². The standard InChI is InChI=1S/C14H16F3N3.ClH/c1-2-20(12-5-6-19-9-12)11-4-3-10(8-18)13(7-11)14(15,16)17;/h3-4,7,12,19H,2,5-6,9H2,1H3;1H/t12-;/m0./s1. The van der Waals surface area contributed by atoms with Crippen molar-refractivity contribution < 1.29 is 13.2 Å². The van der Waals surface area contributed by atoms with E-state index in [1.165, 1.54) is 6.07 Å². The molecule has 1 aromatic carbocycles. The van der Waals surface area contributed by atoms with Gasteiger partial charge in [0.05, 0.1) is 17.2 Å². The van der Waals surface area contributed by atoms with Crippen molar-refractivity contribution in [1.29, 1.82) is 5.26 Å². The molecule has 1 aliphatic rings. The molecule has 1 fully saturated rings. The van der Waals surface area contributed by atoms with Gasteiger partial charge >= 0.3 is 6.18 Å². The quantitative estimate of drug-likeness (QED) is 0.930. The van der Waals surface area contributed by atoms with Crippen molar-refractivity contribution >= 4 is 18.1 Å². The summed E-state index contributed by atoms with van der Waals surface area (Å²) in [6.45, 7) is 4.21. The number of hydrogen-bond donors (Lipinski definition) is 1. The average Bonchev–Trinajstić information content (AvgIpc) is 2.92. The Morgan fingerprint density at radius 3 is 2.62 bits per heavy atom. The van der Waals surface area contributed by atoms with Gasteiger partial charge in [-0.3, -0.25) is 0 Å². The monoisotopic (exact) mass is 319 g/mol. The van der Waals surface area contributed by atoms with Gasteiger partial charge in [-0.15, -0.1) is 12.4 Å². The lowest BCUT2D eigenvalue weighted by Gasteiger charge is -2.30. The van der Waals surface area contributed by atoms with Gasteiger partial charge in [0.15, 0.2) is 0 Å². The zero-order valence-corrected chi connectivity index (χ0v) is 12.4. The maximum atomic E-state index is 13.0. The first-order valence-electron chi connectivity index (χ1n) is 6.56. The van der Waals surface area contributed by atoms with Crippen LogP contribution in [-0.2, 0) is 6.18 Å². The predicted octanol–water partition coefficient (Wildman–Crippen LogP) is 3.19. The van der Waals surface area contributed by atoms with Crippen LogP contribution >= 0.6 is 12.4 Å². The maximum Gasteiger partial charge on any atom is 0.417 e. The van der Waals surface area contributed by atoms with E-state index in [9.17, 15) is 13.2 Å². The zero-order valence-electron chi connectivity index (χ0n) is 11.6. The summed E-state index contributed by atoms with van der Waals surface area (Å²) in [6.07, 6.45) is -3.59. The fourth-order valence-corrected chi connectivity index (χ4v) is 2.60. The Kier molecular flexibility index (Phi) is 5.87. The van der Waals surface area contributed by atoms with Crippen LogP contribution in [0.4, 0.5) is 18.9 Å². The summed E-state index contributed by atoms with van der Waals surface area (Å²) in [5.41, 5.74) is -0.670. The minimum Gasteiger partial charge on any atom is -0.367 e. The molecule has 1 saturated heterocycles. The Morgan fingerprint density at radius 2 is 2.14 bits per heavy atom. The van der Waals surface area contributed by atoms with Gasteiger partial charge in [-0.05, 0) is 38.1 Å². The molecular weight excluding hydrogens is 303 g/mol. The van der Waals surface area contributed by atoms with Crippen LogP contribution in [0.15, 0.2) is 18.2 Å². The summed E-state index contributed by atoms with van der Waals surface area (Å²) in [4.78, 5) is 1.95. The van der Waals surface area contributed by atoms with Crippen molar-refractivity contribution in [3.8, 4) is 6.07 Å². The van der Waals surface area contributed by atoms with Crippen LogP contribution < -0.4 is 10.2 Å². The van der Waals surface area contributed by atoms with Gasteiger partial charge in [0, 0.05) is 24.8 Å².